The van der Waals surface area contributed by atoms with Gasteiger partial charge in [0.1, 0.15) is 5.82 Å². The van der Waals surface area contributed by atoms with Gasteiger partial charge < -0.3 is 10.4 Å². The fourth-order valence-electron chi connectivity index (χ4n) is 1.24. The first kappa shape index (κ1) is 11.5. The number of nitrogens with zero attached hydrogens (tertiary/aromatic N) is 3. The number of nitrogens with one attached hydrogen (secondary N) is 1. The maximum atomic E-state index is 10.8. The fourth-order valence-corrected chi connectivity index (χ4v) is 1.81. The van der Waals surface area contributed by atoms with Gasteiger partial charge in [-0.2, -0.15) is 4.37 Å². The lowest BCUT2D eigenvalue weighted by atomic mass is 10.2. The average Bonchev–Trinajstić information content (AvgIpc) is 2.73. The SMILES string of the molecule is Cc1nsc(NCc2cc(C(=O)O)ccn2)n1. The van der Waals surface area contributed by atoms with Gasteiger partial charge in [0.25, 0.3) is 0 Å². The highest BCUT2D eigenvalue weighted by Crippen LogP contribution is 2.11. The molecular weight excluding hydrogens is 240 g/mol. The molecule has 2 N–H and O–H groups in total. The van der Waals surface area contributed by atoms with E-state index in [1.807, 2.05) is 6.92 Å². The van der Waals surface area contributed by atoms with Crippen LogP contribution in [0.25, 0.3) is 0 Å². The highest BCUT2D eigenvalue weighted by Gasteiger charge is 2.05. The highest BCUT2D eigenvalue weighted by molar-refractivity contribution is 7.09. The van der Waals surface area contributed by atoms with Crippen LogP contribution in [0, 0.1) is 6.92 Å². The van der Waals surface area contributed by atoms with Crippen molar-refractivity contribution in [2.45, 2.75) is 13.5 Å². The zero-order valence-electron chi connectivity index (χ0n) is 9.04. The lowest BCUT2D eigenvalue weighted by Crippen LogP contribution is -2.04. The molecule has 0 radical (unpaired) electrons. The Morgan fingerprint density at radius 3 is 3.06 bits per heavy atom. The van der Waals surface area contributed by atoms with E-state index >= 15 is 0 Å². The normalized spacial score (nSPS) is 10.2. The van der Waals surface area contributed by atoms with Gasteiger partial charge in [0.15, 0.2) is 0 Å². The van der Waals surface area contributed by atoms with E-state index in [-0.39, 0.29) is 5.56 Å². The molecule has 0 aliphatic carbocycles. The van der Waals surface area contributed by atoms with Crippen LogP contribution < -0.4 is 5.32 Å². The van der Waals surface area contributed by atoms with E-state index in [4.69, 9.17) is 5.11 Å². The van der Waals surface area contributed by atoms with Crippen LogP contribution in [0.4, 0.5) is 5.13 Å². The van der Waals surface area contributed by atoms with Crippen LogP contribution in [0.1, 0.15) is 21.9 Å². The first-order valence-electron chi connectivity index (χ1n) is 4.87. The third-order valence-electron chi connectivity index (χ3n) is 2.01. The minimum atomic E-state index is -0.958. The van der Waals surface area contributed by atoms with E-state index in [9.17, 15) is 4.79 Å². The van der Waals surface area contributed by atoms with Crippen molar-refractivity contribution in [3.8, 4) is 0 Å². The lowest BCUT2D eigenvalue weighted by molar-refractivity contribution is 0.0696. The maximum absolute atomic E-state index is 10.8. The van der Waals surface area contributed by atoms with Crippen molar-refractivity contribution in [1.29, 1.82) is 0 Å². The van der Waals surface area contributed by atoms with Crippen molar-refractivity contribution in [2.24, 2.45) is 0 Å². The van der Waals surface area contributed by atoms with Crippen LogP contribution in [0.2, 0.25) is 0 Å². The number of aryl methyl sites for hydroxylation is 1. The Morgan fingerprint density at radius 2 is 2.41 bits per heavy atom. The third-order valence-corrected chi connectivity index (χ3v) is 2.78. The molecule has 17 heavy (non-hydrogen) atoms. The molecule has 6 nitrogen and oxygen atoms in total. The van der Waals surface area contributed by atoms with Gasteiger partial charge in [-0.25, -0.2) is 9.78 Å². The molecule has 0 aliphatic heterocycles. The Hall–Kier alpha value is -2.02. The molecule has 88 valence electrons. The van der Waals surface area contributed by atoms with Crippen molar-refractivity contribution >= 4 is 22.6 Å². The topological polar surface area (TPSA) is 88.0 Å². The minimum Gasteiger partial charge on any atom is -0.478 e. The number of anilines is 1. The van der Waals surface area contributed by atoms with Crippen LogP contribution in [0.15, 0.2) is 18.3 Å². The molecule has 0 fully saturated rings. The molecule has 0 bridgehead atoms. The van der Waals surface area contributed by atoms with E-state index in [2.05, 4.69) is 19.7 Å². The third kappa shape index (κ3) is 2.97. The number of rotatable bonds is 4. The van der Waals surface area contributed by atoms with Gasteiger partial charge in [-0.15, -0.1) is 0 Å². The van der Waals surface area contributed by atoms with Crippen molar-refractivity contribution in [1.82, 2.24) is 14.3 Å². The number of carboxylic acid groups (broad SMARTS) is 1. The molecular formula is C10H10N4O2S. The lowest BCUT2D eigenvalue weighted by Gasteiger charge is -2.02. The molecule has 2 heterocycles. The minimum absolute atomic E-state index is 0.227. The molecule has 0 saturated heterocycles. The van der Waals surface area contributed by atoms with Crippen molar-refractivity contribution < 1.29 is 9.90 Å². The van der Waals surface area contributed by atoms with Crippen LogP contribution in [-0.2, 0) is 6.54 Å². The van der Waals surface area contributed by atoms with Crippen molar-refractivity contribution in [3.63, 3.8) is 0 Å². The Labute approximate surface area is 102 Å². The number of pyridine rings is 1. The molecule has 0 atom stereocenters. The number of hydrogen-bond acceptors (Lipinski definition) is 6. The summed E-state index contributed by atoms with van der Waals surface area (Å²) in [5, 5.41) is 12.6. The summed E-state index contributed by atoms with van der Waals surface area (Å²) < 4.78 is 4.03. The van der Waals surface area contributed by atoms with Crippen molar-refractivity contribution in [3.05, 3.63) is 35.4 Å². The monoisotopic (exact) mass is 250 g/mol. The Morgan fingerprint density at radius 1 is 1.59 bits per heavy atom. The molecule has 0 unspecified atom stereocenters. The summed E-state index contributed by atoms with van der Waals surface area (Å²) in [6.45, 7) is 2.24. The summed E-state index contributed by atoms with van der Waals surface area (Å²) in [7, 11) is 0. The number of carbonyl (C=O) groups is 1. The summed E-state index contributed by atoms with van der Waals surface area (Å²) in [4.78, 5) is 19.0. The van der Waals surface area contributed by atoms with Gasteiger partial charge in [0.2, 0.25) is 5.13 Å². The van der Waals surface area contributed by atoms with Gasteiger partial charge in [-0.05, 0) is 19.1 Å². The second-order valence-electron chi connectivity index (χ2n) is 3.34. The summed E-state index contributed by atoms with van der Waals surface area (Å²) in [5.74, 6) is -0.245. The van der Waals surface area contributed by atoms with E-state index in [1.54, 1.807) is 0 Å². The average molecular weight is 250 g/mol. The largest absolute Gasteiger partial charge is 0.478 e. The van der Waals surface area contributed by atoms with Gasteiger partial charge in [-0.3, -0.25) is 4.98 Å². The molecule has 0 amide bonds. The summed E-state index contributed by atoms with van der Waals surface area (Å²) in [6, 6.07) is 2.99. The number of carboxylic acids is 1. The van der Waals surface area contributed by atoms with Gasteiger partial charge in [0, 0.05) is 17.7 Å². The van der Waals surface area contributed by atoms with Crippen LogP contribution in [-0.4, -0.2) is 25.4 Å². The van der Waals surface area contributed by atoms with Gasteiger partial charge in [-0.1, -0.05) is 0 Å². The smallest absolute Gasteiger partial charge is 0.335 e. The molecule has 2 aromatic rings. The van der Waals surface area contributed by atoms with Gasteiger partial charge in [0.05, 0.1) is 17.8 Å². The Kier molecular flexibility index (Phi) is 3.29. The molecule has 2 rings (SSSR count). The van der Waals surface area contributed by atoms with Crippen LogP contribution in [0.3, 0.4) is 0 Å². The molecule has 0 saturated carbocycles. The fraction of sp³-hybridized carbons (Fsp3) is 0.200. The van der Waals surface area contributed by atoms with E-state index in [1.165, 1.54) is 29.9 Å². The van der Waals surface area contributed by atoms with Crippen molar-refractivity contribution in [2.75, 3.05) is 5.32 Å². The molecule has 2 aromatic heterocycles. The standard InChI is InChI=1S/C10H10N4O2S/c1-6-13-10(17-14-6)12-5-8-4-7(9(15)16)2-3-11-8/h2-4H,5H2,1H3,(H,15,16)(H,12,13,14). The summed E-state index contributed by atoms with van der Waals surface area (Å²) in [5.41, 5.74) is 0.878. The first-order valence-corrected chi connectivity index (χ1v) is 5.65. The van der Waals surface area contributed by atoms with Crippen LogP contribution >= 0.6 is 11.5 Å². The Balaban J connectivity index is 2.04. The van der Waals surface area contributed by atoms with E-state index < -0.39 is 5.97 Å². The number of aromatic nitrogens is 3. The first-order chi connectivity index (χ1) is 8.15. The second kappa shape index (κ2) is 4.88. The zero-order chi connectivity index (χ0) is 12.3. The molecule has 0 spiro atoms. The zero-order valence-corrected chi connectivity index (χ0v) is 9.86. The summed E-state index contributed by atoms with van der Waals surface area (Å²) >= 11 is 1.26. The number of aromatic carboxylic acids is 1. The Bertz CT molecular complexity index is 541. The van der Waals surface area contributed by atoms with Crippen LogP contribution in [0.5, 0.6) is 0 Å². The highest BCUT2D eigenvalue weighted by atomic mass is 32.1. The molecule has 7 heteroatoms. The quantitative estimate of drug-likeness (QED) is 0.856. The molecule has 0 aliphatic rings. The predicted octanol–water partition coefficient (Wildman–Crippen LogP) is 1.55. The predicted molar refractivity (Wildman–Crippen MR) is 63.2 cm³/mol. The molecule has 0 aromatic carbocycles. The van der Waals surface area contributed by atoms with E-state index in [0.717, 1.165) is 0 Å². The van der Waals surface area contributed by atoms with E-state index in [0.29, 0.717) is 23.2 Å². The van der Waals surface area contributed by atoms with Gasteiger partial charge >= 0.3 is 5.97 Å². The maximum Gasteiger partial charge on any atom is 0.335 e. The second-order valence-corrected chi connectivity index (χ2v) is 4.09. The number of hydrogen-bond donors (Lipinski definition) is 2. The summed E-state index contributed by atoms with van der Waals surface area (Å²) in [6.07, 6.45) is 1.48.